The molecule has 52 valence electrons. The fourth-order valence-corrected chi connectivity index (χ4v) is 1.82. The molecule has 0 aromatic heterocycles. The second-order valence-corrected chi connectivity index (χ2v) is 4.19. The molecule has 0 radical (unpaired) electrons. The van der Waals surface area contributed by atoms with Gasteiger partial charge < -0.3 is 1.43 Å². The van der Waals surface area contributed by atoms with Crippen molar-refractivity contribution in [1.82, 2.24) is 0 Å². The van der Waals surface area contributed by atoms with Crippen molar-refractivity contribution in [1.29, 1.82) is 0 Å². The van der Waals surface area contributed by atoms with Gasteiger partial charge in [-0.05, 0) is 0 Å². The maximum absolute atomic E-state index is 2.26. The average Bonchev–Trinajstić information content (AvgIpc) is 2.03. The van der Waals surface area contributed by atoms with Crippen LogP contribution in [0.4, 0.5) is 0 Å². The van der Waals surface area contributed by atoms with E-state index in [2.05, 4.69) is 37.3 Å². The molecule has 0 aliphatic carbocycles. The molecule has 0 unspecified atom stereocenters. The van der Waals surface area contributed by atoms with Crippen molar-refractivity contribution in [2.75, 3.05) is 0 Å². The topological polar surface area (TPSA) is 0 Å². The van der Waals surface area contributed by atoms with Crippen LogP contribution in [0.5, 0.6) is 0 Å². The molecule has 0 nitrogen and oxygen atoms in total. The molecule has 0 fully saturated rings. The van der Waals surface area contributed by atoms with E-state index < -0.39 is 0 Å². The second kappa shape index (κ2) is 4.55. The van der Waals surface area contributed by atoms with Gasteiger partial charge in [0.15, 0.2) is 0 Å². The Morgan fingerprint density at radius 2 is 2.00 bits per heavy atom. The fourth-order valence-electron chi connectivity index (χ4n) is 0.925. The van der Waals surface area contributed by atoms with Crippen LogP contribution in [0.15, 0.2) is 30.3 Å². The Morgan fingerprint density at radius 1 is 1.30 bits per heavy atom. The predicted octanol–water partition coefficient (Wildman–Crippen LogP) is 2.44. The van der Waals surface area contributed by atoms with Crippen molar-refractivity contribution in [2.24, 2.45) is 0 Å². The maximum Gasteiger partial charge on any atom is -1.00 e. The Balaban J connectivity index is 0.000001000. The van der Waals surface area contributed by atoms with E-state index in [1.165, 1.54) is 16.1 Å². The molecular formula is C9H13Al. The van der Waals surface area contributed by atoms with Crippen molar-refractivity contribution < 1.29 is 1.43 Å². The monoisotopic (exact) mass is 148 g/mol. The molecular weight excluding hydrogens is 135 g/mol. The molecule has 0 amide bonds. The first-order valence-electron chi connectivity index (χ1n) is 3.79. The molecule has 0 heterocycles. The molecule has 1 aromatic rings. The van der Waals surface area contributed by atoms with Gasteiger partial charge in [0.1, 0.15) is 0 Å². The molecule has 1 heteroatoms. The van der Waals surface area contributed by atoms with E-state index in [-0.39, 0.29) is 1.43 Å². The first-order chi connectivity index (χ1) is 4.93. The summed E-state index contributed by atoms with van der Waals surface area (Å²) in [5.74, 6) is 0. The molecule has 0 saturated carbocycles. The van der Waals surface area contributed by atoms with Crippen LogP contribution in [-0.4, -0.2) is 15.2 Å². The fraction of sp³-hybridized carbons (Fsp3) is 0.333. The number of rotatable bonds is 3. The van der Waals surface area contributed by atoms with Crippen molar-refractivity contribution in [3.05, 3.63) is 35.9 Å². The van der Waals surface area contributed by atoms with Gasteiger partial charge in [0.2, 0.25) is 0 Å². The van der Waals surface area contributed by atoms with Crippen molar-refractivity contribution in [3.8, 4) is 0 Å². The summed E-state index contributed by atoms with van der Waals surface area (Å²) in [6, 6.07) is 10.7. The van der Waals surface area contributed by atoms with Crippen LogP contribution in [-0.2, 0) is 5.28 Å². The Bertz CT molecular complexity index is 174. The molecule has 0 spiro atoms. The van der Waals surface area contributed by atoms with Crippen LogP contribution in [0.1, 0.15) is 13.9 Å². The molecule has 0 bridgehead atoms. The Hall–Kier alpha value is -0.248. The summed E-state index contributed by atoms with van der Waals surface area (Å²) in [6.45, 7) is 2.26. The third kappa shape index (κ3) is 2.56. The van der Waals surface area contributed by atoms with Crippen LogP contribution < -0.4 is 0 Å². The Kier molecular flexibility index (Phi) is 3.57. The summed E-state index contributed by atoms with van der Waals surface area (Å²) in [5.41, 5.74) is 1.50. The standard InChI is InChI=1S/C7H7.C2H5.Al.H/c1-7-5-3-2-4-6-7;1-2;;/h2-6H,1H2;1H2,2H3;;/q;;+1;-1. The second-order valence-electron chi connectivity index (χ2n) is 2.39. The van der Waals surface area contributed by atoms with Gasteiger partial charge in [0.25, 0.3) is 0 Å². The van der Waals surface area contributed by atoms with Gasteiger partial charge in [0, 0.05) is 0 Å². The Morgan fingerprint density at radius 3 is 2.60 bits per heavy atom. The van der Waals surface area contributed by atoms with Gasteiger partial charge in [0.05, 0.1) is 0 Å². The van der Waals surface area contributed by atoms with Gasteiger partial charge in [-0.2, -0.15) is 0 Å². The number of benzene rings is 1. The summed E-state index contributed by atoms with van der Waals surface area (Å²) >= 11 is 0.658. The van der Waals surface area contributed by atoms with Crippen molar-refractivity contribution in [3.63, 3.8) is 0 Å². The first-order valence-corrected chi connectivity index (χ1v) is 5.42. The summed E-state index contributed by atoms with van der Waals surface area (Å²) in [4.78, 5) is 0. The van der Waals surface area contributed by atoms with E-state index in [0.717, 1.165) is 0 Å². The summed E-state index contributed by atoms with van der Waals surface area (Å²) in [6.07, 6.45) is 0. The Labute approximate surface area is 70.5 Å². The SMILES string of the molecule is C[CH2][Al+][CH2]c1ccccc1.[H-]. The van der Waals surface area contributed by atoms with Crippen LogP contribution in [0.25, 0.3) is 0 Å². The number of hydrogen-bond acceptors (Lipinski definition) is 0. The molecule has 0 N–H and O–H groups in total. The van der Waals surface area contributed by atoms with Crippen LogP contribution in [0.2, 0.25) is 5.28 Å². The average molecular weight is 148 g/mol. The molecule has 0 atom stereocenters. The van der Waals surface area contributed by atoms with E-state index in [9.17, 15) is 0 Å². The predicted molar refractivity (Wildman–Crippen MR) is 47.5 cm³/mol. The van der Waals surface area contributed by atoms with Gasteiger partial charge >= 0.3 is 68.6 Å². The molecule has 1 rings (SSSR count). The minimum atomic E-state index is 0. The van der Waals surface area contributed by atoms with E-state index in [1.807, 2.05) is 0 Å². The molecule has 0 aliphatic rings. The first kappa shape index (κ1) is 7.86. The number of hydrogen-bond donors (Lipinski definition) is 0. The van der Waals surface area contributed by atoms with E-state index in [4.69, 9.17) is 0 Å². The van der Waals surface area contributed by atoms with E-state index in [0.29, 0.717) is 15.2 Å². The third-order valence-corrected chi connectivity index (χ3v) is 2.85. The zero-order valence-corrected chi connectivity index (χ0v) is 7.53. The van der Waals surface area contributed by atoms with E-state index >= 15 is 0 Å². The minimum absolute atomic E-state index is 0. The maximum atomic E-state index is 2.26. The smallest absolute Gasteiger partial charge is 1.00 e. The van der Waals surface area contributed by atoms with Crippen molar-refractivity contribution in [2.45, 2.75) is 17.5 Å². The van der Waals surface area contributed by atoms with Crippen molar-refractivity contribution >= 4 is 15.2 Å². The third-order valence-electron chi connectivity index (χ3n) is 1.51. The molecule has 0 saturated heterocycles. The van der Waals surface area contributed by atoms with Gasteiger partial charge in [-0.25, -0.2) is 0 Å². The quantitative estimate of drug-likeness (QED) is 0.577. The zero-order valence-electron chi connectivity index (χ0n) is 7.38. The molecule has 0 aliphatic heterocycles. The largest absolute Gasteiger partial charge is 1.00 e. The van der Waals surface area contributed by atoms with E-state index in [1.54, 1.807) is 0 Å². The van der Waals surface area contributed by atoms with Crippen LogP contribution in [0, 0.1) is 0 Å². The van der Waals surface area contributed by atoms with Crippen LogP contribution in [0.3, 0.4) is 0 Å². The van der Waals surface area contributed by atoms with Crippen LogP contribution >= 0.6 is 0 Å². The molecule has 10 heavy (non-hydrogen) atoms. The zero-order chi connectivity index (χ0) is 7.23. The summed E-state index contributed by atoms with van der Waals surface area (Å²) < 4.78 is 0. The normalized spacial score (nSPS) is 8.90. The van der Waals surface area contributed by atoms with Gasteiger partial charge in [-0.15, -0.1) is 0 Å². The van der Waals surface area contributed by atoms with Gasteiger partial charge in [-0.3, -0.25) is 0 Å². The molecule has 1 aromatic carbocycles. The minimum Gasteiger partial charge on any atom is -1.00 e. The summed E-state index contributed by atoms with van der Waals surface area (Å²) in [5, 5.41) is 2.69. The summed E-state index contributed by atoms with van der Waals surface area (Å²) in [7, 11) is 0. The van der Waals surface area contributed by atoms with Gasteiger partial charge in [-0.1, -0.05) is 0 Å².